The van der Waals surface area contributed by atoms with E-state index in [2.05, 4.69) is 20.5 Å². The lowest BCUT2D eigenvalue weighted by atomic mass is 10.0. The number of fused-ring (bicyclic) bond motifs is 1. The zero-order chi connectivity index (χ0) is 20.5. The van der Waals surface area contributed by atoms with Gasteiger partial charge in [-0.15, -0.1) is 5.10 Å². The third-order valence-corrected chi connectivity index (χ3v) is 4.42. The van der Waals surface area contributed by atoms with Crippen LogP contribution in [0.4, 0.5) is 0 Å². The van der Waals surface area contributed by atoms with E-state index < -0.39 is 5.91 Å². The van der Waals surface area contributed by atoms with Gasteiger partial charge in [-0.1, -0.05) is 18.2 Å². The first-order valence-electron chi connectivity index (χ1n) is 8.90. The molecule has 0 spiro atoms. The van der Waals surface area contributed by atoms with E-state index in [-0.39, 0.29) is 11.7 Å². The van der Waals surface area contributed by atoms with Crippen LogP contribution in [0, 0.1) is 0 Å². The minimum Gasteiger partial charge on any atom is -0.345 e. The molecule has 0 fully saturated rings. The number of nitrogens with one attached hydrogen (secondary N) is 1. The molecule has 9 nitrogen and oxygen atoms in total. The molecule has 0 aliphatic carbocycles. The van der Waals surface area contributed by atoms with Gasteiger partial charge in [-0.2, -0.15) is 0 Å². The molecule has 0 aliphatic heterocycles. The summed E-state index contributed by atoms with van der Waals surface area (Å²) < 4.78 is 3.02. The van der Waals surface area contributed by atoms with Gasteiger partial charge in [-0.3, -0.25) is 19.7 Å². The first-order chi connectivity index (χ1) is 14.0. The van der Waals surface area contributed by atoms with Crippen molar-refractivity contribution in [2.75, 3.05) is 19.5 Å². The Labute approximate surface area is 166 Å². The summed E-state index contributed by atoms with van der Waals surface area (Å²) in [5.74, 6) is -0.580. The zero-order valence-corrected chi connectivity index (χ0v) is 16.2. The quantitative estimate of drug-likeness (QED) is 0.575. The minimum absolute atomic E-state index is 0.0360. The van der Waals surface area contributed by atoms with Gasteiger partial charge >= 0.3 is 5.91 Å². The Kier molecular flexibility index (Phi) is 4.55. The van der Waals surface area contributed by atoms with Crippen LogP contribution in [0.25, 0.3) is 22.3 Å². The summed E-state index contributed by atoms with van der Waals surface area (Å²) in [6, 6.07) is 12.8. The lowest BCUT2D eigenvalue weighted by Gasteiger charge is -2.16. The van der Waals surface area contributed by atoms with Gasteiger partial charge < -0.3 is 4.90 Å². The fourth-order valence-corrected chi connectivity index (χ4v) is 3.07. The first-order valence-corrected chi connectivity index (χ1v) is 8.90. The molecule has 4 aromatic rings. The van der Waals surface area contributed by atoms with Gasteiger partial charge in [0.25, 0.3) is 5.91 Å². The molecule has 0 saturated heterocycles. The lowest BCUT2D eigenvalue weighted by molar-refractivity contribution is 0.0828. The molecule has 0 unspecified atom stereocenters. The number of amides is 2. The molecule has 0 saturated carbocycles. The lowest BCUT2D eigenvalue weighted by Crippen LogP contribution is -2.26. The summed E-state index contributed by atoms with van der Waals surface area (Å²) in [4.78, 5) is 35.3. The van der Waals surface area contributed by atoms with E-state index in [1.807, 2.05) is 36.4 Å². The highest BCUT2D eigenvalue weighted by molar-refractivity contribution is 6.03. The van der Waals surface area contributed by atoms with Crippen molar-refractivity contribution in [3.63, 3.8) is 0 Å². The molecular weight excluding hydrogens is 370 g/mol. The molecule has 4 rings (SSSR count). The van der Waals surface area contributed by atoms with E-state index in [0.29, 0.717) is 22.5 Å². The molecule has 1 aromatic carbocycles. The summed E-state index contributed by atoms with van der Waals surface area (Å²) in [7, 11) is 5.08. The Balaban J connectivity index is 1.87. The van der Waals surface area contributed by atoms with Crippen molar-refractivity contribution < 1.29 is 9.59 Å². The van der Waals surface area contributed by atoms with Crippen LogP contribution in [0.5, 0.6) is 0 Å². The van der Waals surface area contributed by atoms with E-state index in [1.54, 1.807) is 38.1 Å². The summed E-state index contributed by atoms with van der Waals surface area (Å²) in [6.45, 7) is 0. The van der Waals surface area contributed by atoms with E-state index in [4.69, 9.17) is 0 Å². The second kappa shape index (κ2) is 7.19. The van der Waals surface area contributed by atoms with Crippen LogP contribution in [0.1, 0.15) is 21.0 Å². The molecule has 0 atom stereocenters. The number of carbonyl (C=O) groups is 2. The van der Waals surface area contributed by atoms with Crippen LogP contribution >= 0.6 is 0 Å². The number of benzene rings is 1. The number of carbonyl (C=O) groups excluding carboxylic acids is 2. The fraction of sp³-hybridized carbons (Fsp3) is 0.150. The maximum atomic E-state index is 12.7. The van der Waals surface area contributed by atoms with E-state index >= 15 is 0 Å². The molecule has 3 heterocycles. The van der Waals surface area contributed by atoms with Crippen molar-refractivity contribution in [2.24, 2.45) is 7.05 Å². The standard InChI is InChI=1S/C20H19N7O2/c1-25(2)20(29)15-9-5-4-8-14(15)16-11-13-7-6-10-21-18(13)27(16)24-19(28)17-22-12-26(3)23-17/h4-12H,1-3H3,(H,24,28). The maximum Gasteiger partial charge on any atom is 0.309 e. The average Bonchev–Trinajstić information content (AvgIpc) is 3.31. The third kappa shape index (κ3) is 3.33. The van der Waals surface area contributed by atoms with Crippen LogP contribution in [0.2, 0.25) is 0 Å². The van der Waals surface area contributed by atoms with E-state index in [0.717, 1.165) is 5.39 Å². The summed E-state index contributed by atoms with van der Waals surface area (Å²) >= 11 is 0. The van der Waals surface area contributed by atoms with Gasteiger partial charge in [0.05, 0.1) is 5.69 Å². The monoisotopic (exact) mass is 389 g/mol. The number of aryl methyl sites for hydroxylation is 1. The topological polar surface area (TPSA) is 97.9 Å². The molecular formula is C20H19N7O2. The zero-order valence-electron chi connectivity index (χ0n) is 16.2. The van der Waals surface area contributed by atoms with Gasteiger partial charge in [0.15, 0.2) is 5.65 Å². The highest BCUT2D eigenvalue weighted by Gasteiger charge is 2.21. The van der Waals surface area contributed by atoms with Crippen molar-refractivity contribution in [1.82, 2.24) is 29.3 Å². The SMILES string of the molecule is CN(C)C(=O)c1ccccc1-c1cc2cccnc2n1NC(=O)c1ncn(C)n1. The fourth-order valence-electron chi connectivity index (χ4n) is 3.07. The normalized spacial score (nSPS) is 10.9. The van der Waals surface area contributed by atoms with Crippen molar-refractivity contribution in [3.05, 3.63) is 66.4 Å². The Bertz CT molecular complexity index is 1220. The molecule has 0 aliphatic rings. The Morgan fingerprint density at radius 1 is 1.07 bits per heavy atom. The molecule has 0 bridgehead atoms. The summed E-state index contributed by atoms with van der Waals surface area (Å²) in [5, 5.41) is 4.86. The largest absolute Gasteiger partial charge is 0.345 e. The van der Waals surface area contributed by atoms with Crippen molar-refractivity contribution in [3.8, 4) is 11.3 Å². The predicted octanol–water partition coefficient (Wildman–Crippen LogP) is 1.92. The second-order valence-corrected chi connectivity index (χ2v) is 6.71. The molecule has 1 N–H and O–H groups in total. The Morgan fingerprint density at radius 2 is 1.86 bits per heavy atom. The van der Waals surface area contributed by atoms with Gasteiger partial charge in [0.1, 0.15) is 6.33 Å². The molecule has 0 radical (unpaired) electrons. The van der Waals surface area contributed by atoms with Crippen LogP contribution in [0.3, 0.4) is 0 Å². The molecule has 146 valence electrons. The van der Waals surface area contributed by atoms with Crippen LogP contribution in [-0.4, -0.2) is 55.2 Å². The van der Waals surface area contributed by atoms with E-state index in [1.165, 1.54) is 15.9 Å². The number of rotatable bonds is 4. The first kappa shape index (κ1) is 18.4. The Morgan fingerprint density at radius 3 is 2.59 bits per heavy atom. The number of hydrogen-bond acceptors (Lipinski definition) is 5. The maximum absolute atomic E-state index is 12.7. The number of pyridine rings is 1. The number of nitrogens with zero attached hydrogens (tertiary/aromatic N) is 6. The van der Waals surface area contributed by atoms with Crippen LogP contribution in [-0.2, 0) is 7.05 Å². The van der Waals surface area contributed by atoms with Gasteiger partial charge in [0.2, 0.25) is 5.82 Å². The summed E-state index contributed by atoms with van der Waals surface area (Å²) in [5.41, 5.74) is 5.20. The van der Waals surface area contributed by atoms with Crippen molar-refractivity contribution in [1.29, 1.82) is 0 Å². The molecule has 29 heavy (non-hydrogen) atoms. The minimum atomic E-state index is -0.480. The summed E-state index contributed by atoms with van der Waals surface area (Å²) in [6.07, 6.45) is 3.09. The van der Waals surface area contributed by atoms with Crippen molar-refractivity contribution in [2.45, 2.75) is 0 Å². The smallest absolute Gasteiger partial charge is 0.309 e. The number of aromatic nitrogens is 5. The Hall–Kier alpha value is -4.01. The van der Waals surface area contributed by atoms with Crippen molar-refractivity contribution >= 4 is 22.8 Å². The highest BCUT2D eigenvalue weighted by atomic mass is 16.2. The van der Waals surface area contributed by atoms with Gasteiger partial charge in [0, 0.05) is 43.9 Å². The molecule has 3 aromatic heterocycles. The third-order valence-electron chi connectivity index (χ3n) is 4.42. The average molecular weight is 389 g/mol. The second-order valence-electron chi connectivity index (χ2n) is 6.71. The van der Waals surface area contributed by atoms with E-state index in [9.17, 15) is 9.59 Å². The van der Waals surface area contributed by atoms with Gasteiger partial charge in [-0.05, 0) is 24.3 Å². The molecule has 9 heteroatoms. The predicted molar refractivity (Wildman–Crippen MR) is 108 cm³/mol. The van der Waals surface area contributed by atoms with Crippen LogP contribution < -0.4 is 5.43 Å². The highest BCUT2D eigenvalue weighted by Crippen LogP contribution is 2.29. The molecule has 2 amide bonds. The van der Waals surface area contributed by atoms with Gasteiger partial charge in [-0.25, -0.2) is 14.6 Å². The van der Waals surface area contributed by atoms with Crippen LogP contribution in [0.15, 0.2) is 55.0 Å². The number of hydrogen-bond donors (Lipinski definition) is 1.